The molecular weight excluding hydrogens is 496 g/mol. The predicted molar refractivity (Wildman–Crippen MR) is 133 cm³/mol. The van der Waals surface area contributed by atoms with Crippen LogP contribution in [-0.2, 0) is 9.57 Å². The molecule has 0 unspecified atom stereocenters. The SMILES string of the molecule is CCOC(=O)ON1CCCOc2ccc(Nc3ncc(Cl)c(Nc4ccsc4C(=O)NC)n3)cc21. The van der Waals surface area contributed by atoms with Gasteiger partial charge in [0.2, 0.25) is 5.95 Å². The number of hydrogen-bond donors (Lipinski definition) is 3. The molecule has 0 fully saturated rings. The molecule has 3 heterocycles. The highest BCUT2D eigenvalue weighted by Gasteiger charge is 2.22. The van der Waals surface area contributed by atoms with Gasteiger partial charge >= 0.3 is 6.16 Å². The van der Waals surface area contributed by atoms with E-state index in [0.29, 0.717) is 53.1 Å². The van der Waals surface area contributed by atoms with Crippen LogP contribution in [0, 0.1) is 0 Å². The summed E-state index contributed by atoms with van der Waals surface area (Å²) in [5, 5.41) is 12.3. The highest BCUT2D eigenvalue weighted by Crippen LogP contribution is 2.35. The fourth-order valence-electron chi connectivity index (χ4n) is 3.22. The van der Waals surface area contributed by atoms with Crippen LogP contribution in [0.15, 0.2) is 35.8 Å². The summed E-state index contributed by atoms with van der Waals surface area (Å²) in [6, 6.07) is 7.08. The Hall–Kier alpha value is -3.77. The molecule has 184 valence electrons. The maximum atomic E-state index is 12.1. The van der Waals surface area contributed by atoms with Gasteiger partial charge < -0.3 is 30.3 Å². The molecule has 0 saturated carbocycles. The first-order chi connectivity index (χ1) is 17.0. The lowest BCUT2D eigenvalue weighted by Gasteiger charge is -2.22. The molecule has 0 aliphatic carbocycles. The van der Waals surface area contributed by atoms with E-state index in [4.69, 9.17) is 25.9 Å². The second kappa shape index (κ2) is 11.1. The van der Waals surface area contributed by atoms with E-state index in [2.05, 4.69) is 25.9 Å². The zero-order valence-electron chi connectivity index (χ0n) is 19.0. The van der Waals surface area contributed by atoms with Gasteiger partial charge in [0.25, 0.3) is 5.91 Å². The summed E-state index contributed by atoms with van der Waals surface area (Å²) < 4.78 is 10.7. The standard InChI is InChI=1S/C22H23ClN6O5S/c1-3-32-22(31)34-29-8-4-9-33-17-6-5-13(11-16(17)29)26-21-25-12-14(23)19(28-21)27-15-7-10-35-18(15)20(30)24-2/h5-7,10-12H,3-4,8-9H2,1-2H3,(H,24,30)(H2,25,26,27,28). The Balaban J connectivity index is 1.56. The molecule has 13 heteroatoms. The largest absolute Gasteiger partial charge is 0.533 e. The molecule has 35 heavy (non-hydrogen) atoms. The molecule has 1 amide bonds. The van der Waals surface area contributed by atoms with Crippen molar-refractivity contribution in [2.24, 2.45) is 0 Å². The summed E-state index contributed by atoms with van der Waals surface area (Å²) >= 11 is 7.59. The summed E-state index contributed by atoms with van der Waals surface area (Å²) in [5.41, 5.74) is 1.76. The van der Waals surface area contributed by atoms with E-state index in [0.717, 1.165) is 0 Å². The second-order valence-corrected chi connectivity index (χ2v) is 8.47. The third-order valence-corrected chi connectivity index (χ3v) is 5.98. The summed E-state index contributed by atoms with van der Waals surface area (Å²) in [7, 11) is 1.57. The van der Waals surface area contributed by atoms with Gasteiger partial charge in [-0.05, 0) is 36.6 Å². The molecule has 1 aromatic carbocycles. The molecule has 3 aromatic rings. The number of benzene rings is 1. The van der Waals surface area contributed by atoms with Crippen molar-refractivity contribution in [2.45, 2.75) is 13.3 Å². The van der Waals surface area contributed by atoms with E-state index in [1.54, 1.807) is 43.6 Å². The summed E-state index contributed by atoms with van der Waals surface area (Å²) in [5.74, 6) is 0.947. The lowest BCUT2D eigenvalue weighted by Crippen LogP contribution is -2.28. The molecule has 0 bridgehead atoms. The Morgan fingerprint density at radius 2 is 2.14 bits per heavy atom. The Morgan fingerprint density at radius 1 is 1.29 bits per heavy atom. The van der Waals surface area contributed by atoms with E-state index in [-0.39, 0.29) is 23.5 Å². The van der Waals surface area contributed by atoms with Gasteiger partial charge in [-0.3, -0.25) is 4.79 Å². The van der Waals surface area contributed by atoms with Crippen LogP contribution in [0.2, 0.25) is 5.02 Å². The van der Waals surface area contributed by atoms with Crippen molar-refractivity contribution in [1.29, 1.82) is 0 Å². The van der Waals surface area contributed by atoms with Gasteiger partial charge in [-0.15, -0.1) is 11.3 Å². The van der Waals surface area contributed by atoms with E-state index in [1.165, 1.54) is 22.6 Å². The summed E-state index contributed by atoms with van der Waals surface area (Å²) in [4.78, 5) is 38.5. The van der Waals surface area contributed by atoms with Crippen molar-refractivity contribution >= 4 is 63.8 Å². The Labute approximate surface area is 210 Å². The smallest absolute Gasteiger partial charge is 0.491 e. The van der Waals surface area contributed by atoms with Crippen LogP contribution in [0.4, 0.5) is 33.6 Å². The fraction of sp³-hybridized carbons (Fsp3) is 0.273. The van der Waals surface area contributed by atoms with Crippen LogP contribution in [0.25, 0.3) is 0 Å². The number of thiophene rings is 1. The normalized spacial score (nSPS) is 12.6. The van der Waals surface area contributed by atoms with Gasteiger partial charge in [0, 0.05) is 19.2 Å². The number of carbonyl (C=O) groups is 2. The second-order valence-electron chi connectivity index (χ2n) is 7.14. The number of amides is 1. The number of halogens is 1. The Morgan fingerprint density at radius 3 is 2.94 bits per heavy atom. The molecular formula is C22H23ClN6O5S. The number of hydrogen-bond acceptors (Lipinski definition) is 11. The third kappa shape index (κ3) is 5.84. The number of fused-ring (bicyclic) bond motifs is 1. The molecule has 2 aromatic heterocycles. The van der Waals surface area contributed by atoms with Gasteiger partial charge in [0.05, 0.1) is 31.6 Å². The Bertz CT molecular complexity index is 1220. The van der Waals surface area contributed by atoms with Crippen LogP contribution in [0.3, 0.4) is 0 Å². The zero-order chi connectivity index (χ0) is 24.8. The van der Waals surface area contributed by atoms with Crippen LogP contribution in [0.1, 0.15) is 23.0 Å². The first-order valence-electron chi connectivity index (χ1n) is 10.7. The average Bonchev–Trinajstić information content (AvgIpc) is 3.22. The van der Waals surface area contributed by atoms with Crippen LogP contribution in [-0.4, -0.2) is 48.8 Å². The number of nitrogens with zero attached hydrogens (tertiary/aromatic N) is 3. The molecule has 3 N–H and O–H groups in total. The number of anilines is 5. The van der Waals surface area contributed by atoms with Crippen molar-refractivity contribution in [3.8, 4) is 5.75 Å². The lowest BCUT2D eigenvalue weighted by molar-refractivity contribution is 0.0499. The van der Waals surface area contributed by atoms with Gasteiger partial charge in [-0.1, -0.05) is 11.6 Å². The van der Waals surface area contributed by atoms with Crippen molar-refractivity contribution in [3.63, 3.8) is 0 Å². The highest BCUT2D eigenvalue weighted by atomic mass is 35.5. The molecule has 0 atom stereocenters. The number of ether oxygens (including phenoxy) is 2. The minimum Gasteiger partial charge on any atom is -0.491 e. The lowest BCUT2D eigenvalue weighted by atomic mass is 10.2. The molecule has 0 saturated heterocycles. The fourth-order valence-corrected chi connectivity index (χ4v) is 4.15. The molecule has 0 spiro atoms. The summed E-state index contributed by atoms with van der Waals surface area (Å²) in [6.45, 7) is 2.83. The van der Waals surface area contributed by atoms with Crippen molar-refractivity contribution in [2.75, 3.05) is 42.5 Å². The minimum atomic E-state index is -0.792. The van der Waals surface area contributed by atoms with Gasteiger partial charge in [0.15, 0.2) is 5.82 Å². The van der Waals surface area contributed by atoms with Gasteiger partial charge in [-0.25, -0.2) is 9.78 Å². The first kappa shape index (κ1) is 24.4. The number of rotatable bonds is 7. The molecule has 11 nitrogen and oxygen atoms in total. The summed E-state index contributed by atoms with van der Waals surface area (Å²) in [6.07, 6.45) is 1.32. The number of aromatic nitrogens is 2. The van der Waals surface area contributed by atoms with Gasteiger partial charge in [-0.2, -0.15) is 10.0 Å². The molecule has 1 aliphatic rings. The average molecular weight is 519 g/mol. The predicted octanol–water partition coefficient (Wildman–Crippen LogP) is 4.72. The van der Waals surface area contributed by atoms with Gasteiger partial charge in [0.1, 0.15) is 21.3 Å². The van der Waals surface area contributed by atoms with Crippen molar-refractivity contribution in [1.82, 2.24) is 15.3 Å². The zero-order valence-corrected chi connectivity index (χ0v) is 20.5. The van der Waals surface area contributed by atoms with E-state index >= 15 is 0 Å². The van der Waals surface area contributed by atoms with Crippen LogP contribution >= 0.6 is 22.9 Å². The van der Waals surface area contributed by atoms with E-state index < -0.39 is 6.16 Å². The topological polar surface area (TPSA) is 127 Å². The number of carbonyl (C=O) groups excluding carboxylic acids is 2. The van der Waals surface area contributed by atoms with Crippen molar-refractivity contribution in [3.05, 3.63) is 45.7 Å². The number of nitrogens with one attached hydrogen (secondary N) is 3. The maximum absolute atomic E-state index is 12.1. The van der Waals surface area contributed by atoms with E-state index in [1.807, 2.05) is 0 Å². The van der Waals surface area contributed by atoms with Crippen LogP contribution in [0.5, 0.6) is 5.75 Å². The van der Waals surface area contributed by atoms with Crippen LogP contribution < -0.4 is 25.8 Å². The Kier molecular flexibility index (Phi) is 7.73. The first-order valence-corrected chi connectivity index (χ1v) is 12.0. The quantitative estimate of drug-likeness (QED) is 0.378. The third-order valence-electron chi connectivity index (χ3n) is 4.79. The highest BCUT2D eigenvalue weighted by molar-refractivity contribution is 7.12. The monoisotopic (exact) mass is 518 g/mol. The van der Waals surface area contributed by atoms with Crippen molar-refractivity contribution < 1.29 is 23.9 Å². The van der Waals surface area contributed by atoms with E-state index in [9.17, 15) is 9.59 Å². The molecule has 4 rings (SSSR count). The number of hydroxylamine groups is 1. The molecule has 0 radical (unpaired) electrons. The minimum absolute atomic E-state index is 0.206. The maximum Gasteiger partial charge on any atom is 0.533 e. The molecule has 1 aliphatic heterocycles.